The Kier molecular flexibility index (Phi) is 3.28. The molecule has 0 N–H and O–H groups in total. The number of rotatable bonds is 2. The quantitative estimate of drug-likeness (QED) is 0.268. The van der Waals surface area contributed by atoms with Gasteiger partial charge in [-0.25, -0.2) is 0 Å². The number of hydrogen-bond acceptors (Lipinski definition) is 3. The van der Waals surface area contributed by atoms with Crippen molar-refractivity contribution in [1.82, 2.24) is 0 Å². The molecule has 0 aliphatic carbocycles. The van der Waals surface area contributed by atoms with Gasteiger partial charge in [0.1, 0.15) is 0 Å². The third kappa shape index (κ3) is 2.08. The Hall–Kier alpha value is -1.59. The Balaban J connectivity index is 3.57. The molecule has 0 saturated carbocycles. The molecule has 0 bridgehead atoms. The topological polar surface area (TPSA) is 91.9 Å². The molecule has 0 radical (unpaired) electrons. The van der Waals surface area contributed by atoms with E-state index < -0.39 is 4.92 Å². The highest BCUT2D eigenvalue weighted by molar-refractivity contribution is 9.10. The number of halogens is 1. The van der Waals surface area contributed by atoms with E-state index in [1.807, 2.05) is 0 Å². The fraction of sp³-hybridized carbons (Fsp3) is 0.250. The van der Waals surface area contributed by atoms with Gasteiger partial charge in [-0.05, 0) is 24.9 Å². The first kappa shape index (κ1) is 11.5. The standard InChI is InChI=1S/C8H7BrN4O2/c1-4-5(2)8(11-12-10)6(9)3-7(4)13(14)15/h3H,1-2H3. The number of nitro benzene ring substituents is 1. The summed E-state index contributed by atoms with van der Waals surface area (Å²) in [5.74, 6) is 0. The Morgan fingerprint density at radius 1 is 1.53 bits per heavy atom. The molecule has 1 rings (SSSR count). The molecule has 1 aromatic rings. The summed E-state index contributed by atoms with van der Waals surface area (Å²) in [7, 11) is 0. The van der Waals surface area contributed by atoms with Crippen LogP contribution in [0.15, 0.2) is 15.7 Å². The lowest BCUT2D eigenvalue weighted by Gasteiger charge is -2.06. The van der Waals surface area contributed by atoms with Gasteiger partial charge in [0.25, 0.3) is 5.69 Å². The number of nitrogens with zero attached hydrogens (tertiary/aromatic N) is 4. The van der Waals surface area contributed by atoms with E-state index in [4.69, 9.17) is 5.53 Å². The van der Waals surface area contributed by atoms with Crippen LogP contribution in [0.3, 0.4) is 0 Å². The molecule has 15 heavy (non-hydrogen) atoms. The molecule has 6 nitrogen and oxygen atoms in total. The van der Waals surface area contributed by atoms with Crippen molar-refractivity contribution in [1.29, 1.82) is 0 Å². The lowest BCUT2D eigenvalue weighted by atomic mass is 10.1. The van der Waals surface area contributed by atoms with Crippen molar-refractivity contribution in [2.24, 2.45) is 5.11 Å². The van der Waals surface area contributed by atoms with Gasteiger partial charge in [-0.1, -0.05) is 21.0 Å². The van der Waals surface area contributed by atoms with Crippen LogP contribution in [-0.4, -0.2) is 4.92 Å². The van der Waals surface area contributed by atoms with Crippen molar-refractivity contribution in [2.75, 3.05) is 0 Å². The molecule has 78 valence electrons. The molecule has 0 unspecified atom stereocenters. The van der Waals surface area contributed by atoms with Crippen LogP contribution >= 0.6 is 15.9 Å². The molecule has 1 aromatic carbocycles. The second kappa shape index (κ2) is 4.29. The van der Waals surface area contributed by atoms with E-state index in [2.05, 4.69) is 26.0 Å². The first-order valence-electron chi connectivity index (χ1n) is 3.98. The third-order valence-electron chi connectivity index (χ3n) is 2.13. The molecule has 0 spiro atoms. The predicted octanol–water partition coefficient (Wildman–Crippen LogP) is 3.92. The van der Waals surface area contributed by atoms with Crippen molar-refractivity contribution < 1.29 is 4.92 Å². The molecule has 7 heteroatoms. The maximum absolute atomic E-state index is 10.7. The first-order valence-corrected chi connectivity index (χ1v) is 4.77. The van der Waals surface area contributed by atoms with Crippen LogP contribution < -0.4 is 0 Å². The summed E-state index contributed by atoms with van der Waals surface area (Å²) in [5.41, 5.74) is 9.85. The molecule has 0 amide bonds. The predicted molar refractivity (Wildman–Crippen MR) is 59.1 cm³/mol. The summed E-state index contributed by atoms with van der Waals surface area (Å²) in [6.45, 7) is 3.30. The fourth-order valence-electron chi connectivity index (χ4n) is 1.20. The zero-order chi connectivity index (χ0) is 11.6. The summed E-state index contributed by atoms with van der Waals surface area (Å²) >= 11 is 3.13. The second-order valence-corrected chi connectivity index (χ2v) is 3.78. The van der Waals surface area contributed by atoms with Gasteiger partial charge in [-0.15, -0.1) is 0 Å². The summed E-state index contributed by atoms with van der Waals surface area (Å²) in [5, 5.41) is 14.2. The summed E-state index contributed by atoms with van der Waals surface area (Å²) in [4.78, 5) is 12.9. The van der Waals surface area contributed by atoms with Gasteiger partial charge < -0.3 is 0 Å². The smallest absolute Gasteiger partial charge is 0.258 e. The number of azide groups is 1. The number of nitro groups is 1. The van der Waals surface area contributed by atoms with E-state index in [9.17, 15) is 10.1 Å². The third-order valence-corrected chi connectivity index (χ3v) is 2.74. The van der Waals surface area contributed by atoms with Gasteiger partial charge >= 0.3 is 0 Å². The monoisotopic (exact) mass is 270 g/mol. The zero-order valence-corrected chi connectivity index (χ0v) is 9.65. The van der Waals surface area contributed by atoms with Gasteiger partial charge in [-0.3, -0.25) is 10.1 Å². The van der Waals surface area contributed by atoms with Gasteiger partial charge in [0, 0.05) is 21.0 Å². The normalized spacial score (nSPS) is 9.53. The van der Waals surface area contributed by atoms with Crippen LogP contribution in [0.4, 0.5) is 11.4 Å². The van der Waals surface area contributed by atoms with Gasteiger partial charge in [-0.2, -0.15) is 0 Å². The SMILES string of the molecule is Cc1c([N+](=O)[O-])cc(Br)c(N=[N+]=[N-])c1C. The van der Waals surface area contributed by atoms with Crippen LogP contribution in [0.1, 0.15) is 11.1 Å². The average Bonchev–Trinajstić information content (AvgIpc) is 2.18. The second-order valence-electron chi connectivity index (χ2n) is 2.92. The van der Waals surface area contributed by atoms with Crippen molar-refractivity contribution in [3.05, 3.63) is 42.2 Å². The van der Waals surface area contributed by atoms with Crippen LogP contribution in [0.5, 0.6) is 0 Å². The highest BCUT2D eigenvalue weighted by Gasteiger charge is 2.17. The lowest BCUT2D eigenvalue weighted by molar-refractivity contribution is -0.385. The van der Waals surface area contributed by atoms with E-state index in [0.717, 1.165) is 0 Å². The molecular formula is C8H7BrN4O2. The van der Waals surface area contributed by atoms with E-state index in [1.54, 1.807) is 13.8 Å². The molecule has 0 atom stereocenters. The highest BCUT2D eigenvalue weighted by atomic mass is 79.9. The highest BCUT2D eigenvalue weighted by Crippen LogP contribution is 2.36. The maximum Gasteiger partial charge on any atom is 0.273 e. The van der Waals surface area contributed by atoms with E-state index in [0.29, 0.717) is 21.3 Å². The van der Waals surface area contributed by atoms with E-state index in [-0.39, 0.29) is 5.69 Å². The molecule has 0 heterocycles. The Morgan fingerprint density at radius 2 is 2.13 bits per heavy atom. The molecule has 0 saturated heterocycles. The maximum atomic E-state index is 10.7. The Morgan fingerprint density at radius 3 is 2.60 bits per heavy atom. The van der Waals surface area contributed by atoms with Crippen LogP contribution in [0.25, 0.3) is 10.4 Å². The van der Waals surface area contributed by atoms with Crippen molar-refractivity contribution in [2.45, 2.75) is 13.8 Å². The molecule has 0 aliphatic heterocycles. The van der Waals surface area contributed by atoms with Crippen molar-refractivity contribution in [3.8, 4) is 0 Å². The molecule has 0 aromatic heterocycles. The Bertz CT molecular complexity index is 480. The van der Waals surface area contributed by atoms with Gasteiger partial charge in [0.15, 0.2) is 0 Å². The molecule has 0 aliphatic rings. The van der Waals surface area contributed by atoms with Crippen molar-refractivity contribution in [3.63, 3.8) is 0 Å². The molecule has 0 fully saturated rings. The van der Waals surface area contributed by atoms with E-state index in [1.165, 1.54) is 6.07 Å². The summed E-state index contributed by atoms with van der Waals surface area (Å²) < 4.78 is 0.426. The largest absolute Gasteiger partial charge is 0.273 e. The van der Waals surface area contributed by atoms with Gasteiger partial charge in [0.2, 0.25) is 0 Å². The molecular weight excluding hydrogens is 264 g/mol. The minimum atomic E-state index is -0.465. The summed E-state index contributed by atoms with van der Waals surface area (Å²) in [6.07, 6.45) is 0. The zero-order valence-electron chi connectivity index (χ0n) is 8.06. The first-order chi connectivity index (χ1) is 6.99. The number of hydrogen-bond donors (Lipinski definition) is 0. The lowest BCUT2D eigenvalue weighted by Crippen LogP contribution is -1.94. The van der Waals surface area contributed by atoms with Gasteiger partial charge in [0.05, 0.1) is 10.6 Å². The van der Waals surface area contributed by atoms with Crippen molar-refractivity contribution >= 4 is 27.3 Å². The average molecular weight is 271 g/mol. The summed E-state index contributed by atoms with van der Waals surface area (Å²) in [6, 6.07) is 1.34. The number of benzene rings is 1. The van der Waals surface area contributed by atoms with Crippen LogP contribution in [0, 0.1) is 24.0 Å². The van der Waals surface area contributed by atoms with Crippen LogP contribution in [-0.2, 0) is 0 Å². The van der Waals surface area contributed by atoms with Crippen LogP contribution in [0.2, 0.25) is 0 Å². The Labute approximate surface area is 93.8 Å². The minimum Gasteiger partial charge on any atom is -0.258 e. The van der Waals surface area contributed by atoms with E-state index >= 15 is 0 Å². The fourth-order valence-corrected chi connectivity index (χ4v) is 1.80. The minimum absolute atomic E-state index is 0.0104.